The van der Waals surface area contributed by atoms with Crippen molar-refractivity contribution < 1.29 is 23.0 Å². The molecule has 2 saturated heterocycles. The first kappa shape index (κ1) is 31.5. The molecule has 12 nitrogen and oxygen atoms in total. The molecule has 2 aliphatic heterocycles. The zero-order chi connectivity index (χ0) is 33.3. The van der Waals surface area contributed by atoms with E-state index in [-0.39, 0.29) is 37.1 Å². The largest absolute Gasteiger partial charge is 0.491 e. The summed E-state index contributed by atoms with van der Waals surface area (Å²) in [7, 11) is 0. The third kappa shape index (κ3) is 6.40. The molecule has 0 aliphatic carbocycles. The fourth-order valence-electron chi connectivity index (χ4n) is 6.12. The van der Waals surface area contributed by atoms with Gasteiger partial charge in [0.15, 0.2) is 0 Å². The Hall–Kier alpha value is -5.08. The Kier molecular flexibility index (Phi) is 8.67. The minimum absolute atomic E-state index is 0.00105. The summed E-state index contributed by atoms with van der Waals surface area (Å²) in [5, 5.41) is 8.32. The second kappa shape index (κ2) is 13.2. The minimum atomic E-state index is -1.51. The van der Waals surface area contributed by atoms with Crippen molar-refractivity contribution >= 4 is 11.4 Å². The van der Waals surface area contributed by atoms with Gasteiger partial charge in [0.2, 0.25) is 5.79 Å². The second-order valence-electron chi connectivity index (χ2n) is 12.1. The van der Waals surface area contributed by atoms with Crippen LogP contribution in [0.2, 0.25) is 0 Å². The maximum Gasteiger partial charge on any atom is 0.350 e. The van der Waals surface area contributed by atoms with Crippen LogP contribution in [0, 0.1) is 11.6 Å². The summed E-state index contributed by atoms with van der Waals surface area (Å²) < 4.78 is 51.3. The summed E-state index contributed by atoms with van der Waals surface area (Å²) in [4.78, 5) is 21.2. The summed E-state index contributed by atoms with van der Waals surface area (Å²) in [5.74, 6) is -2.30. The molecule has 2 fully saturated rings. The van der Waals surface area contributed by atoms with E-state index in [1.807, 2.05) is 62.4 Å². The lowest BCUT2D eigenvalue weighted by atomic mass is 10.0. The van der Waals surface area contributed by atoms with Gasteiger partial charge in [-0.05, 0) is 74.5 Å². The molecule has 48 heavy (non-hydrogen) atoms. The van der Waals surface area contributed by atoms with Gasteiger partial charge in [0.05, 0.1) is 18.3 Å². The van der Waals surface area contributed by atoms with E-state index < -0.39 is 23.5 Å². The number of nitrogens with zero attached hydrogens (tertiary/aromatic N) is 8. The fourth-order valence-corrected chi connectivity index (χ4v) is 6.12. The summed E-state index contributed by atoms with van der Waals surface area (Å²) in [6, 6.07) is 19.2. The van der Waals surface area contributed by atoms with Gasteiger partial charge in [-0.15, -0.1) is 0 Å². The van der Waals surface area contributed by atoms with Gasteiger partial charge in [-0.2, -0.15) is 10.2 Å². The van der Waals surface area contributed by atoms with Gasteiger partial charge < -0.3 is 24.0 Å². The first-order chi connectivity index (χ1) is 23.3. The Labute approximate surface area is 275 Å². The molecule has 5 aromatic rings. The van der Waals surface area contributed by atoms with E-state index in [1.165, 1.54) is 34.2 Å². The van der Waals surface area contributed by atoms with Gasteiger partial charge in [-0.3, -0.25) is 0 Å². The average Bonchev–Trinajstić information content (AvgIpc) is 3.85. The van der Waals surface area contributed by atoms with Gasteiger partial charge in [-0.1, -0.05) is 0 Å². The number of hydrogen-bond donors (Lipinski definition) is 0. The predicted molar refractivity (Wildman–Crippen MR) is 173 cm³/mol. The highest BCUT2D eigenvalue weighted by molar-refractivity contribution is 5.54. The molecule has 0 radical (unpaired) electrons. The molecule has 14 heteroatoms. The smallest absolute Gasteiger partial charge is 0.350 e. The molecule has 0 saturated carbocycles. The van der Waals surface area contributed by atoms with Crippen molar-refractivity contribution in [2.45, 2.75) is 38.3 Å². The zero-order valence-electron chi connectivity index (χ0n) is 26.7. The van der Waals surface area contributed by atoms with E-state index in [2.05, 4.69) is 25.0 Å². The number of rotatable bonds is 10. The molecule has 0 bridgehead atoms. The van der Waals surface area contributed by atoms with E-state index in [1.54, 1.807) is 10.9 Å². The molecule has 3 aromatic carbocycles. The molecule has 7 rings (SSSR count). The van der Waals surface area contributed by atoms with Gasteiger partial charge in [-0.25, -0.2) is 32.5 Å². The number of halogens is 2. The topological polar surface area (TPSA) is 105 Å². The third-order valence-electron chi connectivity index (χ3n) is 8.63. The van der Waals surface area contributed by atoms with Crippen LogP contribution in [0.15, 0.2) is 90.5 Å². The number of piperazine rings is 1. The Balaban J connectivity index is 0.929. The molecule has 4 heterocycles. The zero-order valence-corrected chi connectivity index (χ0v) is 26.7. The number of anilines is 2. The normalized spacial score (nSPS) is 19.7. The molecule has 2 aromatic heterocycles. The van der Waals surface area contributed by atoms with Crippen molar-refractivity contribution in [3.05, 3.63) is 113 Å². The highest BCUT2D eigenvalue weighted by Crippen LogP contribution is 2.38. The van der Waals surface area contributed by atoms with Crippen molar-refractivity contribution in [1.29, 1.82) is 0 Å². The van der Waals surface area contributed by atoms with Crippen molar-refractivity contribution in [2.75, 3.05) is 49.2 Å². The van der Waals surface area contributed by atoms with Gasteiger partial charge >= 0.3 is 5.69 Å². The maximum atomic E-state index is 14.9. The standard InChI is InChI=1S/C34H36F2N8O4/c1-24(2)44-33(45)43(23-39-44)28-6-4-26(5-7-28)40-13-15-41(16-14-40)27-8-10-29(11-9-27)46-18-30-19-47-34(48-30,20-42-22-37-21-38-42)31-12-3-25(35)17-32(31)36/h3-12,17,21-24,30H,13-16,18-20H2,1-2H3. The minimum Gasteiger partial charge on any atom is -0.491 e. The lowest BCUT2D eigenvalue weighted by Crippen LogP contribution is -2.46. The first-order valence-electron chi connectivity index (χ1n) is 15.9. The fraction of sp³-hybridized carbons (Fsp3) is 0.353. The van der Waals surface area contributed by atoms with Crippen molar-refractivity contribution in [3.8, 4) is 11.4 Å². The first-order valence-corrected chi connectivity index (χ1v) is 15.9. The third-order valence-corrected chi connectivity index (χ3v) is 8.63. The van der Waals surface area contributed by atoms with Crippen LogP contribution in [0.5, 0.6) is 5.75 Å². The highest BCUT2D eigenvalue weighted by Gasteiger charge is 2.46. The van der Waals surface area contributed by atoms with E-state index in [9.17, 15) is 13.6 Å². The van der Waals surface area contributed by atoms with Crippen LogP contribution < -0.4 is 20.2 Å². The van der Waals surface area contributed by atoms with Crippen molar-refractivity contribution in [3.63, 3.8) is 0 Å². The Morgan fingerprint density at radius 3 is 2.17 bits per heavy atom. The van der Waals surface area contributed by atoms with Crippen molar-refractivity contribution in [1.82, 2.24) is 29.1 Å². The molecule has 0 spiro atoms. The molecule has 250 valence electrons. The van der Waals surface area contributed by atoms with Crippen LogP contribution in [0.1, 0.15) is 25.5 Å². The van der Waals surface area contributed by atoms with Gasteiger partial charge in [0.1, 0.15) is 55.6 Å². The predicted octanol–water partition coefficient (Wildman–Crippen LogP) is 4.16. The summed E-state index contributed by atoms with van der Waals surface area (Å²) in [6.07, 6.45) is 3.91. The van der Waals surface area contributed by atoms with Crippen LogP contribution in [0.25, 0.3) is 5.69 Å². The van der Waals surface area contributed by atoms with Crippen LogP contribution in [-0.4, -0.2) is 74.6 Å². The summed E-state index contributed by atoms with van der Waals surface area (Å²) in [5.41, 5.74) is 2.92. The average molecular weight is 659 g/mol. The summed E-state index contributed by atoms with van der Waals surface area (Å²) in [6.45, 7) is 7.63. The maximum absolute atomic E-state index is 14.9. The lowest BCUT2D eigenvalue weighted by molar-refractivity contribution is -0.192. The second-order valence-corrected chi connectivity index (χ2v) is 12.1. The van der Waals surface area contributed by atoms with E-state index in [0.29, 0.717) is 5.75 Å². The highest BCUT2D eigenvalue weighted by atomic mass is 19.1. The number of benzene rings is 3. The SMILES string of the molecule is CC(C)n1ncn(-c2ccc(N3CCN(c4ccc(OCC5COC(Cn6cncn6)(c6ccc(F)cc6F)O5)cc4)CC3)cc2)c1=O. The quantitative estimate of drug-likeness (QED) is 0.219. The number of aromatic nitrogens is 6. The van der Waals surface area contributed by atoms with E-state index >= 15 is 0 Å². The molecule has 0 N–H and O–H groups in total. The molecule has 0 amide bonds. The molecule has 2 atom stereocenters. The van der Waals surface area contributed by atoms with Gasteiger partial charge in [0.25, 0.3) is 0 Å². The van der Waals surface area contributed by atoms with Gasteiger partial charge in [0, 0.05) is 49.2 Å². The molecular formula is C34H36F2N8O4. The van der Waals surface area contributed by atoms with E-state index in [0.717, 1.165) is 49.3 Å². The lowest BCUT2D eigenvalue weighted by Gasteiger charge is -2.37. The Morgan fingerprint density at radius 2 is 1.56 bits per heavy atom. The molecule has 2 unspecified atom stereocenters. The van der Waals surface area contributed by atoms with Crippen LogP contribution in [0.3, 0.4) is 0 Å². The number of hydrogen-bond acceptors (Lipinski definition) is 9. The van der Waals surface area contributed by atoms with E-state index in [4.69, 9.17) is 14.2 Å². The molecule has 2 aliphatic rings. The monoisotopic (exact) mass is 658 g/mol. The number of ether oxygens (including phenoxy) is 3. The van der Waals surface area contributed by atoms with Crippen LogP contribution in [-0.2, 0) is 21.8 Å². The molecular weight excluding hydrogens is 622 g/mol. The summed E-state index contributed by atoms with van der Waals surface area (Å²) >= 11 is 0. The van der Waals surface area contributed by atoms with Crippen LogP contribution in [0.4, 0.5) is 20.2 Å². The van der Waals surface area contributed by atoms with Crippen LogP contribution >= 0.6 is 0 Å². The Morgan fingerprint density at radius 1 is 0.896 bits per heavy atom. The Bertz CT molecular complexity index is 1890. The van der Waals surface area contributed by atoms with Crippen molar-refractivity contribution in [2.24, 2.45) is 0 Å².